The molecule has 3 aromatic heterocycles. The normalized spacial score (nSPS) is 11.0. The zero-order valence-electron chi connectivity index (χ0n) is 30.4. The van der Waals surface area contributed by atoms with Crippen LogP contribution in [0.25, 0.3) is 0 Å². The number of carboxylic acids is 3. The minimum absolute atomic E-state index is 0. The highest BCUT2D eigenvalue weighted by Crippen LogP contribution is 2.34. The van der Waals surface area contributed by atoms with Crippen molar-refractivity contribution < 1.29 is 69.2 Å². The molecule has 0 spiro atoms. The average molecular weight is 871 g/mol. The van der Waals surface area contributed by atoms with E-state index in [0.717, 1.165) is 36.4 Å². The molecule has 0 bridgehead atoms. The van der Waals surface area contributed by atoms with Crippen molar-refractivity contribution in [1.29, 1.82) is 0 Å². The molecule has 3 heterocycles. The predicted molar refractivity (Wildman–Crippen MR) is 196 cm³/mol. The molecule has 0 saturated carbocycles. The molecular weight excluding hydrogens is 846 g/mol. The second-order valence-electron chi connectivity index (χ2n) is 11.7. The van der Waals surface area contributed by atoms with Gasteiger partial charge in [-0.15, -0.1) is 0 Å². The van der Waals surface area contributed by atoms with Crippen LogP contribution >= 0.6 is 0 Å². The molecular formula is C39H24AlF9N6O6-3. The Morgan fingerprint density at radius 2 is 0.656 bits per heavy atom. The van der Waals surface area contributed by atoms with Crippen molar-refractivity contribution >= 4 is 69.8 Å². The number of rotatable bonds is 9. The van der Waals surface area contributed by atoms with Gasteiger partial charge in [0.1, 0.15) is 17.5 Å². The van der Waals surface area contributed by atoms with Crippen LogP contribution in [0.3, 0.4) is 0 Å². The maximum atomic E-state index is 12.6. The number of nitrogens with zero attached hydrogens (tertiary/aromatic N) is 3. The molecule has 0 aliphatic rings. The average Bonchev–Trinajstić information content (AvgIpc) is 3.18. The van der Waals surface area contributed by atoms with E-state index < -0.39 is 53.1 Å². The maximum Gasteiger partial charge on any atom is 0.416 e. The number of hydrogen-bond acceptors (Lipinski definition) is 12. The predicted octanol–water partition coefficient (Wildman–Crippen LogP) is 6.24. The highest BCUT2D eigenvalue weighted by Gasteiger charge is 2.32. The smallest absolute Gasteiger partial charge is 0.416 e. The highest BCUT2D eigenvalue weighted by atomic mass is 27.0. The molecule has 6 aromatic rings. The molecule has 22 heteroatoms. The SMILES string of the molecule is O=C([O-])c1cccnc1Nc1cccc(C(F)(F)F)c1.O=C([O-])c1cccnc1Nc1cccc(C(F)(F)F)c1.O=C([O-])c1cccnc1Nc1cccc(C(F)(F)F)c1.[Al]. The summed E-state index contributed by atoms with van der Waals surface area (Å²) in [6, 6.07) is 21.1. The number of hydrogen-bond donors (Lipinski definition) is 3. The summed E-state index contributed by atoms with van der Waals surface area (Å²) in [5, 5.41) is 40.2. The van der Waals surface area contributed by atoms with Crippen molar-refractivity contribution in [2.75, 3.05) is 16.0 Å². The van der Waals surface area contributed by atoms with Gasteiger partial charge in [-0.3, -0.25) is 0 Å². The minimum atomic E-state index is -4.47. The zero-order chi connectivity index (χ0) is 44.3. The van der Waals surface area contributed by atoms with Crippen LogP contribution in [-0.4, -0.2) is 50.2 Å². The van der Waals surface area contributed by atoms with Crippen LogP contribution in [0.15, 0.2) is 128 Å². The summed E-state index contributed by atoms with van der Waals surface area (Å²) in [5.41, 5.74) is -2.96. The van der Waals surface area contributed by atoms with E-state index in [1.54, 1.807) is 0 Å². The summed E-state index contributed by atoms with van der Waals surface area (Å²) in [6.45, 7) is 0. The Kier molecular flexibility index (Phi) is 16.3. The molecule has 0 saturated heterocycles. The highest BCUT2D eigenvalue weighted by molar-refractivity contribution is 5.93. The number of benzene rings is 3. The third kappa shape index (κ3) is 14.3. The van der Waals surface area contributed by atoms with Crippen molar-refractivity contribution in [3.8, 4) is 0 Å². The maximum absolute atomic E-state index is 12.6. The second kappa shape index (κ2) is 20.7. The van der Waals surface area contributed by atoms with E-state index in [1.807, 2.05) is 0 Å². The quantitative estimate of drug-likeness (QED) is 0.110. The lowest BCUT2D eigenvalue weighted by molar-refractivity contribution is -0.256. The molecule has 61 heavy (non-hydrogen) atoms. The van der Waals surface area contributed by atoms with E-state index in [0.29, 0.717) is 0 Å². The first-order chi connectivity index (χ1) is 28.1. The van der Waals surface area contributed by atoms with Gasteiger partial charge in [0.15, 0.2) is 0 Å². The van der Waals surface area contributed by atoms with Gasteiger partial charge in [-0.2, -0.15) is 39.5 Å². The largest absolute Gasteiger partial charge is 0.545 e. The first-order valence-electron chi connectivity index (χ1n) is 16.5. The third-order valence-corrected chi connectivity index (χ3v) is 7.44. The molecule has 3 N–H and O–H groups in total. The summed E-state index contributed by atoms with van der Waals surface area (Å²) in [6.07, 6.45) is -9.45. The van der Waals surface area contributed by atoms with Crippen LogP contribution in [0.5, 0.6) is 0 Å². The number of carboxylic acid groups (broad SMARTS) is 3. The summed E-state index contributed by atoms with van der Waals surface area (Å²) in [5.74, 6) is -4.63. The molecule has 315 valence electrons. The van der Waals surface area contributed by atoms with E-state index in [1.165, 1.54) is 91.4 Å². The Labute approximate surface area is 348 Å². The van der Waals surface area contributed by atoms with Crippen molar-refractivity contribution in [1.82, 2.24) is 15.0 Å². The summed E-state index contributed by atoms with van der Waals surface area (Å²) in [4.78, 5) is 43.9. The topological polar surface area (TPSA) is 195 Å². The fourth-order valence-corrected chi connectivity index (χ4v) is 4.74. The molecule has 0 amide bonds. The van der Waals surface area contributed by atoms with Crippen molar-refractivity contribution in [2.45, 2.75) is 18.5 Å². The first-order valence-corrected chi connectivity index (χ1v) is 16.5. The fraction of sp³-hybridized carbons (Fsp3) is 0.0769. The number of carbonyl (C=O) groups is 3. The van der Waals surface area contributed by atoms with Gasteiger partial charge in [-0.1, -0.05) is 18.2 Å². The Morgan fingerprint density at radius 1 is 0.410 bits per heavy atom. The van der Waals surface area contributed by atoms with Gasteiger partial charge in [0.25, 0.3) is 0 Å². The molecule has 6 rings (SSSR count). The number of aromatic nitrogens is 3. The monoisotopic (exact) mass is 870 g/mol. The minimum Gasteiger partial charge on any atom is -0.545 e. The number of carbonyl (C=O) groups excluding carboxylic acids is 3. The molecule has 0 aliphatic heterocycles. The lowest BCUT2D eigenvalue weighted by Crippen LogP contribution is -2.23. The fourth-order valence-electron chi connectivity index (χ4n) is 4.74. The van der Waals surface area contributed by atoms with Crippen molar-refractivity contribution in [3.63, 3.8) is 0 Å². The zero-order valence-corrected chi connectivity index (χ0v) is 31.5. The lowest BCUT2D eigenvalue weighted by atomic mass is 10.2. The number of halogens is 9. The number of alkyl halides is 9. The molecule has 0 atom stereocenters. The summed E-state index contributed by atoms with van der Waals surface area (Å²) >= 11 is 0. The van der Waals surface area contributed by atoms with Gasteiger partial charge in [-0.25, -0.2) is 15.0 Å². The van der Waals surface area contributed by atoms with E-state index in [4.69, 9.17) is 0 Å². The van der Waals surface area contributed by atoms with E-state index in [2.05, 4.69) is 30.9 Å². The van der Waals surface area contributed by atoms with Crippen LogP contribution in [-0.2, 0) is 18.5 Å². The van der Waals surface area contributed by atoms with E-state index in [9.17, 15) is 69.2 Å². The number of nitrogens with one attached hydrogen (secondary N) is 3. The van der Waals surface area contributed by atoms with Gasteiger partial charge >= 0.3 is 18.5 Å². The number of anilines is 6. The Balaban J connectivity index is 0.000000242. The molecule has 0 fully saturated rings. The van der Waals surface area contributed by atoms with Gasteiger partial charge in [0.2, 0.25) is 0 Å². The van der Waals surface area contributed by atoms with Gasteiger partial charge in [0, 0.05) is 69.7 Å². The Bertz CT molecular complexity index is 2200. The van der Waals surface area contributed by atoms with Crippen LogP contribution in [0.1, 0.15) is 47.8 Å². The standard InChI is InChI=1S/3C13H9F3N2O2.Al/c3*14-13(15,16)8-3-1-4-9(7-8)18-11-10(12(19)20)5-2-6-17-11;/h3*1-7H,(H,17,18)(H,19,20);/p-3. The van der Waals surface area contributed by atoms with Crippen LogP contribution in [0, 0.1) is 0 Å². The van der Waals surface area contributed by atoms with Crippen molar-refractivity contribution in [3.05, 3.63) is 161 Å². The first kappa shape index (κ1) is 48.2. The van der Waals surface area contributed by atoms with Crippen molar-refractivity contribution in [2.24, 2.45) is 0 Å². The molecule has 12 nitrogen and oxygen atoms in total. The molecule has 0 unspecified atom stereocenters. The number of pyridine rings is 3. The molecule has 3 radical (unpaired) electrons. The summed E-state index contributed by atoms with van der Waals surface area (Å²) < 4.78 is 113. The van der Waals surface area contributed by atoms with Gasteiger partial charge in [-0.05, 0) is 91.0 Å². The molecule has 3 aromatic carbocycles. The summed E-state index contributed by atoms with van der Waals surface area (Å²) in [7, 11) is 0. The van der Waals surface area contributed by atoms with E-state index >= 15 is 0 Å². The Hall–Kier alpha value is -7.18. The van der Waals surface area contributed by atoms with Crippen LogP contribution in [0.4, 0.5) is 74.0 Å². The second-order valence-corrected chi connectivity index (χ2v) is 11.7. The lowest BCUT2D eigenvalue weighted by Gasteiger charge is -2.13. The van der Waals surface area contributed by atoms with Gasteiger partial charge in [0.05, 0.1) is 34.6 Å². The third-order valence-electron chi connectivity index (χ3n) is 7.44. The number of aromatic carboxylic acids is 3. The molecule has 0 aliphatic carbocycles. The van der Waals surface area contributed by atoms with Gasteiger partial charge < -0.3 is 45.7 Å². The van der Waals surface area contributed by atoms with E-state index in [-0.39, 0.29) is 68.6 Å². The van der Waals surface area contributed by atoms with Crippen LogP contribution < -0.4 is 31.3 Å². The van der Waals surface area contributed by atoms with Crippen LogP contribution in [0.2, 0.25) is 0 Å². The Morgan fingerprint density at radius 3 is 0.869 bits per heavy atom.